The number of likely N-dealkylation sites (tertiary alicyclic amines) is 1. The van der Waals surface area contributed by atoms with Crippen LogP contribution < -0.4 is 0 Å². The van der Waals surface area contributed by atoms with Crippen molar-refractivity contribution in [1.82, 2.24) is 24.6 Å². The second kappa shape index (κ2) is 7.98. The van der Waals surface area contributed by atoms with E-state index in [1.165, 1.54) is 0 Å². The minimum Gasteiger partial charge on any atom is -0.444 e. The Morgan fingerprint density at radius 2 is 1.97 bits per heavy atom. The number of carbonyl (C=O) groups is 1. The number of carbonyl (C=O) groups excluding carboxylic acids is 1. The number of benzene rings is 1. The summed E-state index contributed by atoms with van der Waals surface area (Å²) in [5.74, 6) is 0. The maximum Gasteiger partial charge on any atom is 0.410 e. The number of fused-ring (bicyclic) bond motifs is 1. The number of ether oxygens (including phenoxy) is 1. The average molecular weight is 472 g/mol. The molecule has 7 nitrogen and oxygen atoms in total. The third kappa shape index (κ3) is 4.33. The lowest BCUT2D eigenvalue weighted by molar-refractivity contribution is 0.0184. The molecule has 1 aliphatic heterocycles. The fourth-order valence-electron chi connectivity index (χ4n) is 3.69. The van der Waals surface area contributed by atoms with Gasteiger partial charge in [-0.05, 0) is 68.6 Å². The summed E-state index contributed by atoms with van der Waals surface area (Å²) < 4.78 is 8.43. The maximum atomic E-state index is 12.3. The second-order valence-electron chi connectivity index (χ2n) is 8.67. The Morgan fingerprint density at radius 3 is 2.67 bits per heavy atom. The molecule has 0 radical (unpaired) electrons. The van der Waals surface area contributed by atoms with Crippen molar-refractivity contribution >= 4 is 33.1 Å². The van der Waals surface area contributed by atoms with E-state index in [0.717, 1.165) is 45.3 Å². The molecule has 1 amide bonds. The zero-order chi connectivity index (χ0) is 21.5. The molecule has 8 heteroatoms. The molecule has 1 fully saturated rings. The van der Waals surface area contributed by atoms with Crippen molar-refractivity contribution in [2.24, 2.45) is 0 Å². The van der Waals surface area contributed by atoms with Crippen molar-refractivity contribution in [2.45, 2.75) is 52.2 Å². The molecular formula is C22H26BrN5O2. The number of para-hydroxylation sites is 1. The maximum absolute atomic E-state index is 12.3. The topological polar surface area (TPSA) is 73.1 Å². The summed E-state index contributed by atoms with van der Waals surface area (Å²) in [5, 5.41) is 4.74. The highest BCUT2D eigenvalue weighted by atomic mass is 79.9. The second-order valence-corrected chi connectivity index (χ2v) is 9.52. The third-order valence-electron chi connectivity index (χ3n) is 5.21. The summed E-state index contributed by atoms with van der Waals surface area (Å²) in [6, 6.07) is 6.12. The van der Waals surface area contributed by atoms with Gasteiger partial charge in [0.1, 0.15) is 11.1 Å². The van der Waals surface area contributed by atoms with Crippen LogP contribution in [0, 0.1) is 6.92 Å². The fourth-order valence-corrected chi connectivity index (χ4v) is 4.13. The van der Waals surface area contributed by atoms with E-state index in [2.05, 4.69) is 27.1 Å². The lowest BCUT2D eigenvalue weighted by Crippen LogP contribution is -2.42. The minimum atomic E-state index is -0.474. The van der Waals surface area contributed by atoms with Crippen LogP contribution in [0.2, 0.25) is 0 Å². The number of nitrogens with zero attached hydrogens (tertiary/aromatic N) is 5. The number of hydrogen-bond donors (Lipinski definition) is 0. The van der Waals surface area contributed by atoms with Crippen LogP contribution in [0.3, 0.4) is 0 Å². The van der Waals surface area contributed by atoms with Gasteiger partial charge in [-0.25, -0.2) is 9.78 Å². The van der Waals surface area contributed by atoms with Gasteiger partial charge in [0.05, 0.1) is 29.1 Å². The number of aryl methyl sites for hydroxylation is 1. The quantitative estimate of drug-likeness (QED) is 0.517. The van der Waals surface area contributed by atoms with Gasteiger partial charge in [-0.3, -0.25) is 9.67 Å². The lowest BCUT2D eigenvalue weighted by Gasteiger charge is -2.33. The first kappa shape index (κ1) is 20.8. The molecule has 0 atom stereocenters. The minimum absolute atomic E-state index is 0.240. The number of rotatable bonds is 2. The zero-order valence-electron chi connectivity index (χ0n) is 17.7. The van der Waals surface area contributed by atoms with Gasteiger partial charge < -0.3 is 9.64 Å². The molecule has 0 N–H and O–H groups in total. The lowest BCUT2D eigenvalue weighted by atomic mass is 10.1. The summed E-state index contributed by atoms with van der Waals surface area (Å²) in [6.07, 6.45) is 5.29. The smallest absolute Gasteiger partial charge is 0.410 e. The Bertz CT molecular complexity index is 1080. The standard InChI is InChI=1S/C22H26BrN5O2/c1-14-16(19-12-24-18-7-5-6-17(23)20(18)25-19)13-28(26-14)15-8-10-27(11-9-15)21(29)30-22(2,3)4/h5-7,12-13,15H,8-11H2,1-4H3. The molecular weight excluding hydrogens is 446 g/mol. The van der Waals surface area contributed by atoms with Crippen molar-refractivity contribution < 1.29 is 9.53 Å². The van der Waals surface area contributed by atoms with E-state index in [1.807, 2.05) is 50.6 Å². The Balaban J connectivity index is 1.50. The van der Waals surface area contributed by atoms with Crippen molar-refractivity contribution in [3.8, 4) is 11.3 Å². The predicted octanol–water partition coefficient (Wildman–Crippen LogP) is 5.14. The first-order valence-corrected chi connectivity index (χ1v) is 11.0. The van der Waals surface area contributed by atoms with Crippen molar-refractivity contribution in [2.75, 3.05) is 13.1 Å². The van der Waals surface area contributed by atoms with Gasteiger partial charge in [0.2, 0.25) is 0 Å². The molecule has 158 valence electrons. The summed E-state index contributed by atoms with van der Waals surface area (Å²) >= 11 is 3.56. The van der Waals surface area contributed by atoms with Crippen LogP contribution >= 0.6 is 15.9 Å². The Morgan fingerprint density at radius 1 is 1.23 bits per heavy atom. The number of halogens is 1. The highest BCUT2D eigenvalue weighted by molar-refractivity contribution is 9.10. The third-order valence-corrected chi connectivity index (χ3v) is 5.85. The van der Waals surface area contributed by atoms with Crippen LogP contribution in [0.1, 0.15) is 45.3 Å². The van der Waals surface area contributed by atoms with Gasteiger partial charge >= 0.3 is 6.09 Å². The normalized spacial score (nSPS) is 15.6. The summed E-state index contributed by atoms with van der Waals surface area (Å²) in [5.41, 5.74) is 3.93. The highest BCUT2D eigenvalue weighted by Crippen LogP contribution is 2.29. The Labute approximate surface area is 184 Å². The molecule has 2 aromatic heterocycles. The van der Waals surface area contributed by atoms with E-state index >= 15 is 0 Å². The SMILES string of the molecule is Cc1nn(C2CCN(C(=O)OC(C)(C)C)CC2)cc1-c1cnc2cccc(Br)c2n1. The van der Waals surface area contributed by atoms with Crippen LogP contribution in [0.4, 0.5) is 4.79 Å². The summed E-state index contributed by atoms with van der Waals surface area (Å²) in [6.45, 7) is 8.99. The molecule has 1 saturated heterocycles. The molecule has 1 aromatic carbocycles. The van der Waals surface area contributed by atoms with E-state index in [0.29, 0.717) is 13.1 Å². The van der Waals surface area contributed by atoms with Crippen LogP contribution in [-0.2, 0) is 4.74 Å². The fraction of sp³-hybridized carbons (Fsp3) is 0.455. The highest BCUT2D eigenvalue weighted by Gasteiger charge is 2.28. The molecule has 0 spiro atoms. The van der Waals surface area contributed by atoms with Crippen molar-refractivity contribution in [1.29, 1.82) is 0 Å². The molecule has 0 bridgehead atoms. The summed E-state index contributed by atoms with van der Waals surface area (Å²) in [4.78, 5) is 23.4. The molecule has 0 aliphatic carbocycles. The van der Waals surface area contributed by atoms with E-state index in [1.54, 1.807) is 11.1 Å². The van der Waals surface area contributed by atoms with E-state index in [-0.39, 0.29) is 12.1 Å². The first-order chi connectivity index (χ1) is 14.2. The van der Waals surface area contributed by atoms with E-state index in [9.17, 15) is 4.79 Å². The van der Waals surface area contributed by atoms with Crippen LogP contribution in [-0.4, -0.2) is 49.4 Å². The van der Waals surface area contributed by atoms with E-state index < -0.39 is 5.60 Å². The molecule has 3 heterocycles. The number of aromatic nitrogens is 4. The number of piperidine rings is 1. The number of amides is 1. The molecule has 0 unspecified atom stereocenters. The van der Waals surface area contributed by atoms with Gasteiger partial charge in [-0.2, -0.15) is 5.10 Å². The molecule has 3 aromatic rings. The van der Waals surface area contributed by atoms with Crippen LogP contribution in [0.25, 0.3) is 22.3 Å². The van der Waals surface area contributed by atoms with Crippen molar-refractivity contribution in [3.05, 3.63) is 40.8 Å². The summed E-state index contributed by atoms with van der Waals surface area (Å²) in [7, 11) is 0. The number of hydrogen-bond acceptors (Lipinski definition) is 5. The van der Waals surface area contributed by atoms with Crippen molar-refractivity contribution in [3.63, 3.8) is 0 Å². The molecule has 0 saturated carbocycles. The van der Waals surface area contributed by atoms with Gasteiger partial charge in [-0.15, -0.1) is 0 Å². The molecule has 4 rings (SSSR count). The monoisotopic (exact) mass is 471 g/mol. The van der Waals surface area contributed by atoms with Gasteiger partial charge in [0.15, 0.2) is 0 Å². The van der Waals surface area contributed by atoms with E-state index in [4.69, 9.17) is 14.8 Å². The molecule has 1 aliphatic rings. The van der Waals surface area contributed by atoms with Gasteiger partial charge in [0, 0.05) is 29.3 Å². The Kier molecular flexibility index (Phi) is 5.53. The van der Waals surface area contributed by atoms with Crippen LogP contribution in [0.15, 0.2) is 35.1 Å². The zero-order valence-corrected chi connectivity index (χ0v) is 19.3. The Hall–Kier alpha value is -2.48. The average Bonchev–Trinajstić information content (AvgIpc) is 3.08. The van der Waals surface area contributed by atoms with Crippen LogP contribution in [0.5, 0.6) is 0 Å². The molecule has 30 heavy (non-hydrogen) atoms. The first-order valence-electron chi connectivity index (χ1n) is 10.2. The van der Waals surface area contributed by atoms with Gasteiger partial charge in [0.25, 0.3) is 0 Å². The largest absolute Gasteiger partial charge is 0.444 e. The van der Waals surface area contributed by atoms with Gasteiger partial charge in [-0.1, -0.05) is 6.07 Å². The predicted molar refractivity (Wildman–Crippen MR) is 119 cm³/mol.